The molecule has 0 aromatic heterocycles. The van der Waals surface area contributed by atoms with Crippen LogP contribution in [-0.4, -0.2) is 32.1 Å². The Balaban J connectivity index is 2.32. The molecular formula is C9H17NO2. The SMILES string of the molecule is COCC(=O)C1CCCCCN1. The third-order valence-corrected chi connectivity index (χ3v) is 2.24. The van der Waals surface area contributed by atoms with Gasteiger partial charge < -0.3 is 10.1 Å². The molecule has 0 spiro atoms. The van der Waals surface area contributed by atoms with Crippen molar-refractivity contribution in [3.05, 3.63) is 0 Å². The molecule has 1 N–H and O–H groups in total. The van der Waals surface area contributed by atoms with Crippen molar-refractivity contribution in [2.24, 2.45) is 0 Å². The Morgan fingerprint density at radius 3 is 3.08 bits per heavy atom. The van der Waals surface area contributed by atoms with E-state index in [1.807, 2.05) is 0 Å². The van der Waals surface area contributed by atoms with Crippen LogP contribution in [0.1, 0.15) is 25.7 Å². The van der Waals surface area contributed by atoms with E-state index in [2.05, 4.69) is 5.32 Å². The van der Waals surface area contributed by atoms with E-state index in [9.17, 15) is 4.79 Å². The van der Waals surface area contributed by atoms with Crippen LogP contribution in [-0.2, 0) is 9.53 Å². The van der Waals surface area contributed by atoms with E-state index in [0.717, 1.165) is 19.4 Å². The third-order valence-electron chi connectivity index (χ3n) is 2.24. The molecule has 0 aromatic carbocycles. The van der Waals surface area contributed by atoms with Crippen molar-refractivity contribution in [3.8, 4) is 0 Å². The average Bonchev–Trinajstić information content (AvgIpc) is 2.32. The van der Waals surface area contributed by atoms with E-state index in [0.29, 0.717) is 0 Å². The fourth-order valence-corrected chi connectivity index (χ4v) is 1.55. The lowest BCUT2D eigenvalue weighted by Gasteiger charge is -2.13. The predicted octanol–water partition coefficient (Wildman–Crippen LogP) is 0.734. The minimum Gasteiger partial charge on any atom is -0.377 e. The number of methoxy groups -OCH3 is 1. The monoisotopic (exact) mass is 171 g/mol. The second kappa shape index (κ2) is 5.27. The minimum absolute atomic E-state index is 0.0486. The fraction of sp³-hybridized carbons (Fsp3) is 0.889. The van der Waals surface area contributed by atoms with Crippen LogP contribution in [0.5, 0.6) is 0 Å². The zero-order valence-corrected chi connectivity index (χ0v) is 7.64. The van der Waals surface area contributed by atoms with Crippen LogP contribution in [0.15, 0.2) is 0 Å². The number of carbonyl (C=O) groups excluding carboxylic acids is 1. The van der Waals surface area contributed by atoms with Crippen LogP contribution >= 0.6 is 0 Å². The number of ether oxygens (including phenoxy) is 1. The van der Waals surface area contributed by atoms with E-state index in [4.69, 9.17) is 4.74 Å². The van der Waals surface area contributed by atoms with Crippen molar-refractivity contribution in [2.75, 3.05) is 20.3 Å². The lowest BCUT2D eigenvalue weighted by molar-refractivity contribution is -0.124. The Labute approximate surface area is 73.5 Å². The van der Waals surface area contributed by atoms with Gasteiger partial charge in [-0.05, 0) is 19.4 Å². The van der Waals surface area contributed by atoms with Gasteiger partial charge in [-0.2, -0.15) is 0 Å². The molecule has 1 aliphatic heterocycles. The van der Waals surface area contributed by atoms with Gasteiger partial charge in [-0.15, -0.1) is 0 Å². The molecule has 1 atom stereocenters. The maximum Gasteiger partial charge on any atom is 0.175 e. The Morgan fingerprint density at radius 2 is 2.33 bits per heavy atom. The highest BCUT2D eigenvalue weighted by atomic mass is 16.5. The molecule has 12 heavy (non-hydrogen) atoms. The molecule has 1 heterocycles. The molecule has 1 aliphatic rings. The molecule has 1 unspecified atom stereocenters. The van der Waals surface area contributed by atoms with E-state index in [-0.39, 0.29) is 18.4 Å². The normalized spacial score (nSPS) is 24.9. The van der Waals surface area contributed by atoms with Gasteiger partial charge in [0.25, 0.3) is 0 Å². The molecule has 0 saturated carbocycles. The molecule has 0 radical (unpaired) electrons. The van der Waals surface area contributed by atoms with Gasteiger partial charge in [0, 0.05) is 7.11 Å². The number of hydrogen-bond donors (Lipinski definition) is 1. The van der Waals surface area contributed by atoms with Crippen LogP contribution in [0, 0.1) is 0 Å². The maximum absolute atomic E-state index is 11.4. The van der Waals surface area contributed by atoms with Crippen LogP contribution in [0.25, 0.3) is 0 Å². The highest BCUT2D eigenvalue weighted by Gasteiger charge is 2.18. The average molecular weight is 171 g/mol. The summed E-state index contributed by atoms with van der Waals surface area (Å²) in [5.74, 6) is 0.194. The minimum atomic E-state index is 0.0486. The first-order valence-corrected chi connectivity index (χ1v) is 4.59. The number of carbonyl (C=O) groups is 1. The van der Waals surface area contributed by atoms with E-state index in [1.165, 1.54) is 12.8 Å². The van der Waals surface area contributed by atoms with Crippen molar-refractivity contribution in [1.82, 2.24) is 5.32 Å². The molecule has 1 fully saturated rings. The number of Topliss-reactive ketones (excluding diaryl/α,β-unsaturated/α-hetero) is 1. The smallest absolute Gasteiger partial charge is 0.175 e. The molecule has 1 saturated heterocycles. The molecular weight excluding hydrogens is 154 g/mol. The van der Waals surface area contributed by atoms with Crippen molar-refractivity contribution in [3.63, 3.8) is 0 Å². The molecule has 1 rings (SSSR count). The summed E-state index contributed by atoms with van der Waals surface area (Å²) >= 11 is 0. The quantitative estimate of drug-likeness (QED) is 0.680. The van der Waals surface area contributed by atoms with Crippen molar-refractivity contribution < 1.29 is 9.53 Å². The van der Waals surface area contributed by atoms with Gasteiger partial charge in [-0.1, -0.05) is 12.8 Å². The second-order valence-corrected chi connectivity index (χ2v) is 3.26. The Kier molecular flexibility index (Phi) is 4.25. The molecule has 3 heteroatoms. The molecule has 0 bridgehead atoms. The van der Waals surface area contributed by atoms with Gasteiger partial charge in [0.1, 0.15) is 6.61 Å². The van der Waals surface area contributed by atoms with Crippen molar-refractivity contribution >= 4 is 5.78 Å². The van der Waals surface area contributed by atoms with E-state index >= 15 is 0 Å². The van der Waals surface area contributed by atoms with Gasteiger partial charge in [0.05, 0.1) is 6.04 Å². The lowest BCUT2D eigenvalue weighted by Crippen LogP contribution is -2.38. The summed E-state index contributed by atoms with van der Waals surface area (Å²) in [4.78, 5) is 11.4. The number of ketones is 1. The summed E-state index contributed by atoms with van der Waals surface area (Å²) in [5, 5.41) is 3.24. The highest BCUT2D eigenvalue weighted by Crippen LogP contribution is 2.08. The number of hydrogen-bond acceptors (Lipinski definition) is 3. The molecule has 3 nitrogen and oxygen atoms in total. The first kappa shape index (κ1) is 9.68. The Morgan fingerprint density at radius 1 is 1.50 bits per heavy atom. The van der Waals surface area contributed by atoms with Gasteiger partial charge in [0.2, 0.25) is 0 Å². The first-order chi connectivity index (χ1) is 5.84. The van der Waals surface area contributed by atoms with Crippen LogP contribution in [0.2, 0.25) is 0 Å². The lowest BCUT2D eigenvalue weighted by atomic mass is 10.1. The van der Waals surface area contributed by atoms with E-state index < -0.39 is 0 Å². The van der Waals surface area contributed by atoms with Gasteiger partial charge in [-0.3, -0.25) is 4.79 Å². The zero-order chi connectivity index (χ0) is 8.81. The van der Waals surface area contributed by atoms with Gasteiger partial charge in [-0.25, -0.2) is 0 Å². The first-order valence-electron chi connectivity index (χ1n) is 4.59. The predicted molar refractivity (Wildman–Crippen MR) is 47.1 cm³/mol. The van der Waals surface area contributed by atoms with Crippen molar-refractivity contribution in [1.29, 1.82) is 0 Å². The largest absolute Gasteiger partial charge is 0.377 e. The maximum atomic E-state index is 11.4. The number of nitrogens with one attached hydrogen (secondary N) is 1. The third kappa shape index (κ3) is 2.91. The zero-order valence-electron chi connectivity index (χ0n) is 7.64. The molecule has 0 amide bonds. The summed E-state index contributed by atoms with van der Waals surface area (Å²) in [6.45, 7) is 1.22. The van der Waals surface area contributed by atoms with Crippen LogP contribution in [0.3, 0.4) is 0 Å². The number of rotatable bonds is 3. The molecule has 70 valence electrons. The van der Waals surface area contributed by atoms with Crippen molar-refractivity contribution in [2.45, 2.75) is 31.7 Å². The summed E-state index contributed by atoms with van der Waals surface area (Å²) in [6.07, 6.45) is 4.57. The molecule has 0 aliphatic carbocycles. The van der Waals surface area contributed by atoms with Gasteiger partial charge in [0.15, 0.2) is 5.78 Å². The highest BCUT2D eigenvalue weighted by molar-refractivity contribution is 5.85. The Bertz CT molecular complexity index is 139. The van der Waals surface area contributed by atoms with Gasteiger partial charge >= 0.3 is 0 Å². The summed E-state index contributed by atoms with van der Waals surface area (Å²) in [5.41, 5.74) is 0. The topological polar surface area (TPSA) is 38.3 Å². The Hall–Kier alpha value is -0.410. The van der Waals surface area contributed by atoms with E-state index in [1.54, 1.807) is 7.11 Å². The molecule has 0 aromatic rings. The summed E-state index contributed by atoms with van der Waals surface area (Å²) < 4.78 is 4.81. The van der Waals surface area contributed by atoms with Crippen LogP contribution in [0.4, 0.5) is 0 Å². The second-order valence-electron chi connectivity index (χ2n) is 3.26. The van der Waals surface area contributed by atoms with Crippen LogP contribution < -0.4 is 5.32 Å². The summed E-state index contributed by atoms with van der Waals surface area (Å²) in [6, 6.07) is 0.0486. The standard InChI is InChI=1S/C9H17NO2/c1-12-7-9(11)8-5-3-2-4-6-10-8/h8,10H,2-7H2,1H3. The summed E-state index contributed by atoms with van der Waals surface area (Å²) in [7, 11) is 1.56. The fourth-order valence-electron chi connectivity index (χ4n) is 1.55.